The molecule has 0 aromatic heterocycles. The Kier molecular flexibility index (Phi) is 6.83. The summed E-state index contributed by atoms with van der Waals surface area (Å²) in [5.41, 5.74) is 3.33. The highest BCUT2D eigenvalue weighted by atomic mass is 35.5. The van der Waals surface area contributed by atoms with Crippen LogP contribution in [0.5, 0.6) is 0 Å². The summed E-state index contributed by atoms with van der Waals surface area (Å²) in [6.07, 6.45) is 2.04. The van der Waals surface area contributed by atoms with E-state index in [4.69, 9.17) is 11.6 Å². The minimum Gasteiger partial charge on any atom is -0.348 e. The van der Waals surface area contributed by atoms with Crippen LogP contribution in [-0.4, -0.2) is 36.5 Å². The molecule has 1 heterocycles. The third kappa shape index (κ3) is 5.29. The van der Waals surface area contributed by atoms with Crippen molar-refractivity contribution >= 4 is 17.5 Å². The van der Waals surface area contributed by atoms with Gasteiger partial charge in [-0.05, 0) is 48.7 Å². The Morgan fingerprint density at radius 2 is 1.63 bits per heavy atom. The Labute approximate surface area is 183 Å². The maximum atomic E-state index is 12.5. The van der Waals surface area contributed by atoms with Gasteiger partial charge in [-0.15, -0.1) is 0 Å². The molecular formula is C26H27ClN2O. The normalized spacial score (nSPS) is 16.7. The molecule has 0 radical (unpaired) electrons. The summed E-state index contributed by atoms with van der Waals surface area (Å²) in [6.45, 7) is 2.91. The molecule has 1 fully saturated rings. The summed E-state index contributed by atoms with van der Waals surface area (Å²) in [5.74, 6) is 0.336. The molecular weight excluding hydrogens is 392 g/mol. The Morgan fingerprint density at radius 3 is 2.27 bits per heavy atom. The van der Waals surface area contributed by atoms with Gasteiger partial charge in [-0.25, -0.2) is 0 Å². The fraction of sp³-hybridized carbons (Fsp3) is 0.269. The topological polar surface area (TPSA) is 32.3 Å². The largest absolute Gasteiger partial charge is 0.348 e. The van der Waals surface area contributed by atoms with Crippen LogP contribution in [0, 0.1) is 0 Å². The highest BCUT2D eigenvalue weighted by Gasteiger charge is 2.25. The van der Waals surface area contributed by atoms with Gasteiger partial charge in [0, 0.05) is 35.6 Å². The lowest BCUT2D eigenvalue weighted by Gasteiger charge is -2.22. The standard InChI is InChI=1S/C26H27ClN2O/c27-23-13-7-12-22(18-23)26(30)28-24-14-16-29(19-24)17-15-25(20-8-3-1-4-9-20)21-10-5-2-6-11-21/h1-13,18,24-25H,14-17,19H2,(H,28,30). The van der Waals surface area contributed by atoms with Crippen LogP contribution in [-0.2, 0) is 0 Å². The van der Waals surface area contributed by atoms with Crippen LogP contribution in [0.2, 0.25) is 5.02 Å². The second-order valence-electron chi connectivity index (χ2n) is 7.93. The van der Waals surface area contributed by atoms with Gasteiger partial charge in [0.2, 0.25) is 0 Å². The van der Waals surface area contributed by atoms with Crippen LogP contribution >= 0.6 is 11.6 Å². The van der Waals surface area contributed by atoms with E-state index in [1.165, 1.54) is 11.1 Å². The molecule has 1 amide bonds. The molecule has 0 spiro atoms. The quantitative estimate of drug-likeness (QED) is 0.559. The molecule has 1 saturated heterocycles. The fourth-order valence-corrected chi connectivity index (χ4v) is 4.45. The molecule has 154 valence electrons. The summed E-state index contributed by atoms with van der Waals surface area (Å²) < 4.78 is 0. The summed E-state index contributed by atoms with van der Waals surface area (Å²) >= 11 is 6.01. The number of rotatable bonds is 7. The lowest BCUT2D eigenvalue weighted by molar-refractivity contribution is 0.0937. The first-order valence-corrected chi connectivity index (χ1v) is 11.0. The van der Waals surface area contributed by atoms with Crippen LogP contribution in [0.1, 0.15) is 40.2 Å². The molecule has 3 nitrogen and oxygen atoms in total. The number of hydrogen-bond acceptors (Lipinski definition) is 2. The van der Waals surface area contributed by atoms with E-state index in [9.17, 15) is 4.79 Å². The smallest absolute Gasteiger partial charge is 0.251 e. The molecule has 0 saturated carbocycles. The van der Waals surface area contributed by atoms with Crippen molar-refractivity contribution in [3.05, 3.63) is 107 Å². The van der Waals surface area contributed by atoms with Crippen molar-refractivity contribution in [1.82, 2.24) is 10.2 Å². The Morgan fingerprint density at radius 1 is 0.967 bits per heavy atom. The van der Waals surface area contributed by atoms with Crippen molar-refractivity contribution in [2.24, 2.45) is 0 Å². The first-order valence-electron chi connectivity index (χ1n) is 10.6. The molecule has 1 aliphatic rings. The van der Waals surface area contributed by atoms with Crippen LogP contribution in [0.25, 0.3) is 0 Å². The van der Waals surface area contributed by atoms with Gasteiger partial charge in [0.15, 0.2) is 0 Å². The fourth-order valence-electron chi connectivity index (χ4n) is 4.26. The van der Waals surface area contributed by atoms with Crippen molar-refractivity contribution in [3.63, 3.8) is 0 Å². The van der Waals surface area contributed by atoms with E-state index in [0.29, 0.717) is 16.5 Å². The number of halogens is 1. The van der Waals surface area contributed by atoms with Gasteiger partial charge in [0.25, 0.3) is 5.91 Å². The first kappa shape index (κ1) is 20.6. The summed E-state index contributed by atoms with van der Waals surface area (Å²) in [7, 11) is 0. The van der Waals surface area contributed by atoms with Gasteiger partial charge in [0.1, 0.15) is 0 Å². The van der Waals surface area contributed by atoms with E-state index in [-0.39, 0.29) is 11.9 Å². The van der Waals surface area contributed by atoms with Crippen LogP contribution in [0.3, 0.4) is 0 Å². The molecule has 3 aromatic carbocycles. The van der Waals surface area contributed by atoms with Gasteiger partial charge in [-0.2, -0.15) is 0 Å². The SMILES string of the molecule is O=C(NC1CCN(CCC(c2ccccc2)c2ccccc2)C1)c1cccc(Cl)c1. The third-order valence-electron chi connectivity index (χ3n) is 5.83. The lowest BCUT2D eigenvalue weighted by atomic mass is 9.88. The van der Waals surface area contributed by atoms with Crippen LogP contribution in [0.15, 0.2) is 84.9 Å². The number of carbonyl (C=O) groups is 1. The van der Waals surface area contributed by atoms with Crippen molar-refractivity contribution in [2.45, 2.75) is 24.8 Å². The molecule has 4 rings (SSSR count). The van der Waals surface area contributed by atoms with Gasteiger partial charge in [0.05, 0.1) is 0 Å². The molecule has 1 aliphatic heterocycles. The Hall–Kier alpha value is -2.62. The maximum absolute atomic E-state index is 12.5. The van der Waals surface area contributed by atoms with E-state index < -0.39 is 0 Å². The van der Waals surface area contributed by atoms with Crippen molar-refractivity contribution in [3.8, 4) is 0 Å². The van der Waals surface area contributed by atoms with Gasteiger partial charge < -0.3 is 10.2 Å². The van der Waals surface area contributed by atoms with E-state index >= 15 is 0 Å². The molecule has 4 heteroatoms. The zero-order valence-electron chi connectivity index (χ0n) is 17.0. The number of nitrogens with one attached hydrogen (secondary N) is 1. The lowest BCUT2D eigenvalue weighted by Crippen LogP contribution is -2.37. The molecule has 0 aliphatic carbocycles. The molecule has 30 heavy (non-hydrogen) atoms. The Bertz CT molecular complexity index is 922. The van der Waals surface area contributed by atoms with Gasteiger partial charge in [-0.1, -0.05) is 78.3 Å². The average molecular weight is 419 g/mol. The molecule has 1 unspecified atom stereocenters. The molecule has 3 aromatic rings. The predicted octanol–water partition coefficient (Wildman–Crippen LogP) is 5.37. The number of carbonyl (C=O) groups excluding carboxylic acids is 1. The highest BCUT2D eigenvalue weighted by Crippen LogP contribution is 2.28. The number of benzene rings is 3. The monoisotopic (exact) mass is 418 g/mol. The van der Waals surface area contributed by atoms with E-state index in [2.05, 4.69) is 70.9 Å². The summed E-state index contributed by atoms with van der Waals surface area (Å²) in [4.78, 5) is 15.0. The van der Waals surface area contributed by atoms with Gasteiger partial charge in [-0.3, -0.25) is 4.79 Å². The number of nitrogens with zero attached hydrogens (tertiary/aromatic N) is 1. The van der Waals surface area contributed by atoms with Crippen LogP contribution in [0.4, 0.5) is 0 Å². The van der Waals surface area contributed by atoms with Crippen LogP contribution < -0.4 is 5.32 Å². The zero-order valence-corrected chi connectivity index (χ0v) is 17.8. The molecule has 1 atom stereocenters. The highest BCUT2D eigenvalue weighted by molar-refractivity contribution is 6.30. The van der Waals surface area contributed by atoms with Gasteiger partial charge >= 0.3 is 0 Å². The van der Waals surface area contributed by atoms with Crippen molar-refractivity contribution < 1.29 is 4.79 Å². The minimum absolute atomic E-state index is 0.0456. The minimum atomic E-state index is -0.0456. The first-order chi connectivity index (χ1) is 14.7. The summed E-state index contributed by atoms with van der Waals surface area (Å²) in [5, 5.41) is 3.75. The predicted molar refractivity (Wildman–Crippen MR) is 123 cm³/mol. The number of amides is 1. The second-order valence-corrected chi connectivity index (χ2v) is 8.37. The second kappa shape index (κ2) is 9.92. The average Bonchev–Trinajstić information content (AvgIpc) is 3.22. The number of hydrogen-bond donors (Lipinski definition) is 1. The van der Waals surface area contributed by atoms with E-state index in [1.54, 1.807) is 18.2 Å². The van der Waals surface area contributed by atoms with E-state index in [0.717, 1.165) is 32.5 Å². The van der Waals surface area contributed by atoms with Crippen molar-refractivity contribution in [1.29, 1.82) is 0 Å². The van der Waals surface area contributed by atoms with Crippen molar-refractivity contribution in [2.75, 3.05) is 19.6 Å². The molecule has 0 bridgehead atoms. The Balaban J connectivity index is 1.35. The third-order valence-corrected chi connectivity index (χ3v) is 6.07. The van der Waals surface area contributed by atoms with E-state index in [1.807, 2.05) is 6.07 Å². The summed E-state index contributed by atoms with van der Waals surface area (Å²) in [6, 6.07) is 28.8. The molecule has 1 N–H and O–H groups in total. The maximum Gasteiger partial charge on any atom is 0.251 e. The number of likely N-dealkylation sites (tertiary alicyclic amines) is 1. The zero-order chi connectivity index (χ0) is 20.8.